The predicted octanol–water partition coefficient (Wildman–Crippen LogP) is 4.72. The summed E-state index contributed by atoms with van der Waals surface area (Å²) in [5.41, 5.74) is 2.17. The van der Waals surface area contributed by atoms with E-state index in [0.717, 1.165) is 29.4 Å². The van der Waals surface area contributed by atoms with E-state index in [2.05, 4.69) is 9.97 Å². The van der Waals surface area contributed by atoms with E-state index in [4.69, 9.17) is 0 Å². The van der Waals surface area contributed by atoms with Gasteiger partial charge in [-0.25, -0.2) is 9.97 Å². The summed E-state index contributed by atoms with van der Waals surface area (Å²) in [7, 11) is 0. The van der Waals surface area contributed by atoms with Crippen LogP contribution in [0.2, 0.25) is 0 Å². The van der Waals surface area contributed by atoms with Crippen LogP contribution in [0.3, 0.4) is 0 Å². The first-order valence-electron chi connectivity index (χ1n) is 8.74. The molecule has 1 aliphatic rings. The molecule has 28 heavy (non-hydrogen) atoms. The second-order valence-electron chi connectivity index (χ2n) is 6.50. The number of rotatable bonds is 3. The van der Waals surface area contributed by atoms with Crippen LogP contribution in [-0.4, -0.2) is 27.7 Å². The predicted molar refractivity (Wildman–Crippen MR) is 102 cm³/mol. The number of thioether (sulfide) groups is 1. The summed E-state index contributed by atoms with van der Waals surface area (Å²) in [6.45, 7) is 2.26. The summed E-state index contributed by atoms with van der Waals surface area (Å²) >= 11 is 1.03. The Balaban J connectivity index is 1.65. The van der Waals surface area contributed by atoms with Gasteiger partial charge in [0.25, 0.3) is 0 Å². The van der Waals surface area contributed by atoms with Gasteiger partial charge in [0.2, 0.25) is 11.7 Å². The molecule has 0 saturated carbocycles. The Morgan fingerprint density at radius 1 is 1.11 bits per heavy atom. The summed E-state index contributed by atoms with van der Waals surface area (Å²) < 4.78 is 39.6. The maximum atomic E-state index is 13.2. The highest BCUT2D eigenvalue weighted by Gasteiger charge is 2.36. The first-order valence-corrected chi connectivity index (χ1v) is 9.62. The number of amides is 1. The molecule has 4 nitrogen and oxygen atoms in total. The number of carbonyl (C=O) groups excluding carboxylic acids is 1. The van der Waals surface area contributed by atoms with Gasteiger partial charge in [-0.2, -0.15) is 13.2 Å². The lowest BCUT2D eigenvalue weighted by atomic mass is 10.2. The number of aromatic nitrogens is 2. The fraction of sp³-hybridized carbons (Fsp3) is 0.250. The number of hydrogen-bond donors (Lipinski definition) is 0. The Labute approximate surface area is 163 Å². The second kappa shape index (κ2) is 7.09. The lowest BCUT2D eigenvalue weighted by molar-refractivity contribution is -0.145. The minimum Gasteiger partial charge on any atom is -0.311 e. The molecule has 0 N–H and O–H groups in total. The van der Waals surface area contributed by atoms with Crippen molar-refractivity contribution in [3.63, 3.8) is 0 Å². The average molecular weight is 403 g/mol. The number of halogens is 3. The number of anilines is 1. The third kappa shape index (κ3) is 3.44. The lowest BCUT2D eigenvalue weighted by Gasteiger charge is -2.21. The molecule has 1 aromatic heterocycles. The average Bonchev–Trinajstić information content (AvgIpc) is 3.10. The molecule has 2 aromatic carbocycles. The van der Waals surface area contributed by atoms with Gasteiger partial charge >= 0.3 is 6.18 Å². The second-order valence-corrected chi connectivity index (χ2v) is 7.83. The van der Waals surface area contributed by atoms with Crippen LogP contribution in [0.5, 0.6) is 0 Å². The minimum atomic E-state index is -4.65. The third-order valence-corrected chi connectivity index (χ3v) is 5.70. The van der Waals surface area contributed by atoms with E-state index in [9.17, 15) is 18.0 Å². The van der Waals surface area contributed by atoms with Gasteiger partial charge in [-0.15, -0.1) is 0 Å². The van der Waals surface area contributed by atoms with Crippen molar-refractivity contribution in [2.75, 3.05) is 11.4 Å². The van der Waals surface area contributed by atoms with Crippen LogP contribution in [0, 0.1) is 0 Å². The standard InChI is InChI=1S/C20H16F3N3OS/c1-12(18(27)26-11-10-13-6-2-5-9-16(13)26)28-17-14-7-3-4-8-15(14)24-19(25-17)20(21,22)23/h2-9,12H,10-11H2,1H3. The van der Waals surface area contributed by atoms with Crippen LogP contribution in [-0.2, 0) is 17.4 Å². The van der Waals surface area contributed by atoms with Gasteiger partial charge in [0.15, 0.2) is 0 Å². The molecule has 3 aromatic rings. The van der Waals surface area contributed by atoms with Gasteiger partial charge in [0.1, 0.15) is 5.03 Å². The maximum Gasteiger partial charge on any atom is 0.451 e. The molecule has 1 unspecified atom stereocenters. The van der Waals surface area contributed by atoms with Gasteiger partial charge in [-0.05, 0) is 31.0 Å². The van der Waals surface area contributed by atoms with Crippen LogP contribution in [0.4, 0.5) is 18.9 Å². The molecule has 1 amide bonds. The zero-order valence-corrected chi connectivity index (χ0v) is 15.7. The van der Waals surface area contributed by atoms with Crippen molar-refractivity contribution in [2.45, 2.75) is 29.8 Å². The number of benzene rings is 2. The fourth-order valence-corrected chi connectivity index (χ4v) is 4.27. The van der Waals surface area contributed by atoms with Gasteiger partial charge in [0, 0.05) is 17.6 Å². The highest BCUT2D eigenvalue weighted by atomic mass is 32.2. The zero-order valence-electron chi connectivity index (χ0n) is 14.9. The van der Waals surface area contributed by atoms with E-state index in [1.54, 1.807) is 30.0 Å². The molecule has 2 heterocycles. The molecular weight excluding hydrogens is 387 g/mol. The molecule has 8 heteroatoms. The Bertz CT molecular complexity index is 1050. The Morgan fingerprint density at radius 3 is 2.61 bits per heavy atom. The number of para-hydroxylation sites is 2. The molecular formula is C20H16F3N3OS. The molecule has 0 radical (unpaired) electrons. The third-order valence-electron chi connectivity index (χ3n) is 4.61. The van der Waals surface area contributed by atoms with Crippen LogP contribution < -0.4 is 4.90 Å². The Kier molecular flexibility index (Phi) is 4.74. The van der Waals surface area contributed by atoms with Gasteiger partial charge in [0.05, 0.1) is 10.8 Å². The number of hydrogen-bond acceptors (Lipinski definition) is 4. The van der Waals surface area contributed by atoms with Gasteiger partial charge in [-0.1, -0.05) is 48.2 Å². The Morgan fingerprint density at radius 2 is 1.82 bits per heavy atom. The quantitative estimate of drug-likeness (QED) is 0.469. The van der Waals surface area contributed by atoms with Crippen LogP contribution in [0.25, 0.3) is 10.9 Å². The van der Waals surface area contributed by atoms with Crippen molar-refractivity contribution in [2.24, 2.45) is 0 Å². The van der Waals surface area contributed by atoms with Crippen LogP contribution in [0.15, 0.2) is 53.6 Å². The van der Waals surface area contributed by atoms with E-state index >= 15 is 0 Å². The van der Waals surface area contributed by atoms with Gasteiger partial charge in [-0.3, -0.25) is 4.79 Å². The topological polar surface area (TPSA) is 46.1 Å². The molecule has 1 atom stereocenters. The van der Waals surface area contributed by atoms with Crippen molar-refractivity contribution < 1.29 is 18.0 Å². The van der Waals surface area contributed by atoms with Crippen LogP contribution >= 0.6 is 11.8 Å². The van der Waals surface area contributed by atoms with Crippen molar-refractivity contribution in [3.05, 3.63) is 59.9 Å². The van der Waals surface area contributed by atoms with Gasteiger partial charge < -0.3 is 4.90 Å². The number of alkyl halides is 3. The van der Waals surface area contributed by atoms with E-state index < -0.39 is 17.3 Å². The normalized spacial score (nSPS) is 14.9. The van der Waals surface area contributed by atoms with Crippen molar-refractivity contribution in [1.29, 1.82) is 0 Å². The maximum absolute atomic E-state index is 13.2. The molecule has 0 aliphatic carbocycles. The van der Waals surface area contributed by atoms with E-state index in [1.807, 2.05) is 24.3 Å². The highest BCUT2D eigenvalue weighted by Crippen LogP contribution is 2.35. The summed E-state index contributed by atoms with van der Waals surface area (Å²) in [5.74, 6) is -1.34. The minimum absolute atomic E-state index is 0.147. The molecule has 0 bridgehead atoms. The van der Waals surface area contributed by atoms with Crippen molar-refractivity contribution in [1.82, 2.24) is 9.97 Å². The van der Waals surface area contributed by atoms with Crippen molar-refractivity contribution >= 4 is 34.3 Å². The summed E-state index contributed by atoms with van der Waals surface area (Å²) in [6.07, 6.45) is -3.88. The molecule has 4 rings (SSSR count). The molecule has 144 valence electrons. The Hall–Kier alpha value is -2.61. The largest absolute Gasteiger partial charge is 0.451 e. The molecule has 0 saturated heterocycles. The highest BCUT2D eigenvalue weighted by molar-refractivity contribution is 8.00. The molecule has 0 spiro atoms. The number of nitrogens with zero attached hydrogens (tertiary/aromatic N) is 3. The first kappa shape index (κ1) is 18.7. The smallest absolute Gasteiger partial charge is 0.311 e. The molecule has 1 aliphatic heterocycles. The fourth-order valence-electron chi connectivity index (χ4n) is 3.27. The van der Waals surface area contributed by atoms with E-state index in [0.29, 0.717) is 11.9 Å². The first-order chi connectivity index (χ1) is 13.3. The van der Waals surface area contributed by atoms with Crippen molar-refractivity contribution in [3.8, 4) is 0 Å². The SMILES string of the molecule is CC(Sc1nc(C(F)(F)F)nc2ccccc12)C(=O)N1CCc2ccccc21. The number of carbonyl (C=O) groups is 1. The number of fused-ring (bicyclic) bond motifs is 2. The van der Waals surface area contributed by atoms with E-state index in [-0.39, 0.29) is 16.4 Å². The van der Waals surface area contributed by atoms with Crippen LogP contribution in [0.1, 0.15) is 18.3 Å². The zero-order chi connectivity index (χ0) is 19.9. The lowest BCUT2D eigenvalue weighted by Crippen LogP contribution is -2.35. The van der Waals surface area contributed by atoms with E-state index in [1.165, 1.54) is 6.07 Å². The molecule has 0 fully saturated rings. The summed E-state index contributed by atoms with van der Waals surface area (Å²) in [4.78, 5) is 22.0. The summed E-state index contributed by atoms with van der Waals surface area (Å²) in [5, 5.41) is 0.0683. The monoisotopic (exact) mass is 403 g/mol. The summed E-state index contributed by atoms with van der Waals surface area (Å²) in [6, 6.07) is 14.2.